The maximum Gasteiger partial charge on any atom is 0.286 e. The van der Waals surface area contributed by atoms with E-state index in [9.17, 15) is 13.6 Å². The minimum absolute atomic E-state index is 0.0509. The Kier molecular flexibility index (Phi) is 4.61. The molecule has 1 aliphatic rings. The summed E-state index contributed by atoms with van der Waals surface area (Å²) in [7, 11) is 1.53. The summed E-state index contributed by atoms with van der Waals surface area (Å²) >= 11 is 0. The predicted octanol–water partition coefficient (Wildman–Crippen LogP) is 3.89. The van der Waals surface area contributed by atoms with E-state index in [1.807, 2.05) is 48.5 Å². The third-order valence-corrected chi connectivity index (χ3v) is 5.26. The number of nitrogens with zero attached hydrogens (tertiary/aromatic N) is 3. The molecule has 4 rings (SSSR count). The molecule has 1 amide bonds. The summed E-state index contributed by atoms with van der Waals surface area (Å²) in [5.74, 6) is -3.41. The normalized spacial score (nSPS) is 19.1. The van der Waals surface area contributed by atoms with Gasteiger partial charge in [0.2, 0.25) is 0 Å². The van der Waals surface area contributed by atoms with E-state index in [1.54, 1.807) is 6.07 Å². The lowest BCUT2D eigenvalue weighted by atomic mass is 9.82. The number of hydrogen-bond donors (Lipinski definition) is 1. The number of guanidine groups is 1. The number of rotatable bonds is 4. The van der Waals surface area contributed by atoms with E-state index in [2.05, 4.69) is 9.98 Å². The van der Waals surface area contributed by atoms with Crippen LogP contribution in [-0.2, 0) is 16.3 Å². The Morgan fingerprint density at radius 3 is 2.23 bits per heavy atom. The van der Waals surface area contributed by atoms with E-state index >= 15 is 0 Å². The lowest BCUT2D eigenvalue weighted by molar-refractivity contribution is -0.129. The topological polar surface area (TPSA) is 71.6 Å². The second-order valence-electron chi connectivity index (χ2n) is 7.31. The number of halogens is 2. The number of hydrogen-bond acceptors (Lipinski definition) is 4. The molecule has 3 aromatic rings. The first-order valence-corrected chi connectivity index (χ1v) is 9.38. The highest BCUT2D eigenvalue weighted by Crippen LogP contribution is 2.40. The number of pyridine rings is 1. The zero-order valence-electron chi connectivity index (χ0n) is 16.5. The molecule has 152 valence electrons. The number of aliphatic imine (C=N–C) groups is 1. The van der Waals surface area contributed by atoms with Crippen LogP contribution in [0.2, 0.25) is 0 Å². The van der Waals surface area contributed by atoms with Gasteiger partial charge in [-0.25, -0.2) is 4.99 Å². The molecule has 1 atom stereocenters. The highest BCUT2D eigenvalue weighted by atomic mass is 19.3. The van der Waals surface area contributed by atoms with Gasteiger partial charge in [0.25, 0.3) is 11.8 Å². The van der Waals surface area contributed by atoms with Crippen LogP contribution in [0.5, 0.6) is 0 Å². The maximum absolute atomic E-state index is 13.6. The van der Waals surface area contributed by atoms with Crippen LogP contribution >= 0.6 is 0 Å². The molecule has 2 aromatic carbocycles. The lowest BCUT2D eigenvalue weighted by Gasteiger charge is -2.26. The molecular weight excluding hydrogens is 386 g/mol. The van der Waals surface area contributed by atoms with E-state index in [0.717, 1.165) is 18.1 Å². The summed E-state index contributed by atoms with van der Waals surface area (Å²) in [5, 5.41) is 0. The molecule has 1 aromatic heterocycles. The molecule has 7 heteroatoms. The van der Waals surface area contributed by atoms with Gasteiger partial charge >= 0.3 is 0 Å². The average molecular weight is 406 g/mol. The predicted molar refractivity (Wildman–Crippen MR) is 111 cm³/mol. The van der Waals surface area contributed by atoms with E-state index < -0.39 is 11.5 Å². The van der Waals surface area contributed by atoms with Crippen molar-refractivity contribution >= 4 is 11.9 Å². The van der Waals surface area contributed by atoms with Gasteiger partial charge < -0.3 is 5.73 Å². The van der Waals surface area contributed by atoms with Crippen molar-refractivity contribution in [3.63, 3.8) is 0 Å². The largest absolute Gasteiger partial charge is 0.369 e. The van der Waals surface area contributed by atoms with Crippen LogP contribution in [0.25, 0.3) is 11.1 Å². The van der Waals surface area contributed by atoms with Gasteiger partial charge in [-0.15, -0.1) is 0 Å². The van der Waals surface area contributed by atoms with Gasteiger partial charge in [-0.3, -0.25) is 14.7 Å². The number of carbonyl (C=O) groups is 1. The van der Waals surface area contributed by atoms with Crippen LogP contribution in [-0.4, -0.2) is 28.8 Å². The molecule has 0 aliphatic carbocycles. The van der Waals surface area contributed by atoms with Crippen molar-refractivity contribution < 1.29 is 13.6 Å². The molecule has 0 saturated heterocycles. The lowest BCUT2D eigenvalue weighted by Crippen LogP contribution is -2.41. The molecule has 0 fully saturated rings. The van der Waals surface area contributed by atoms with Gasteiger partial charge in [0.15, 0.2) is 11.5 Å². The zero-order chi connectivity index (χ0) is 21.5. The Bertz CT molecular complexity index is 1120. The van der Waals surface area contributed by atoms with Crippen LogP contribution in [0.15, 0.2) is 77.9 Å². The summed E-state index contributed by atoms with van der Waals surface area (Å²) in [6.07, 6.45) is 1.27. The third-order valence-electron chi connectivity index (χ3n) is 5.26. The van der Waals surface area contributed by atoms with E-state index in [0.29, 0.717) is 11.1 Å². The van der Waals surface area contributed by atoms with Crippen LogP contribution in [0.4, 0.5) is 8.78 Å². The molecule has 2 N–H and O–H groups in total. The van der Waals surface area contributed by atoms with Crippen LogP contribution in [0, 0.1) is 0 Å². The zero-order valence-corrected chi connectivity index (χ0v) is 16.5. The summed E-state index contributed by atoms with van der Waals surface area (Å²) in [6, 6.07) is 19.8. The Hall–Kier alpha value is -3.61. The smallest absolute Gasteiger partial charge is 0.286 e. The first kappa shape index (κ1) is 19.7. The van der Waals surface area contributed by atoms with Crippen molar-refractivity contribution in [2.75, 3.05) is 7.05 Å². The number of carbonyl (C=O) groups excluding carboxylic acids is 1. The van der Waals surface area contributed by atoms with Crippen molar-refractivity contribution in [2.45, 2.75) is 18.4 Å². The summed E-state index contributed by atoms with van der Waals surface area (Å²) in [4.78, 5) is 23.0. The Balaban J connectivity index is 1.90. The fourth-order valence-electron chi connectivity index (χ4n) is 3.61. The van der Waals surface area contributed by atoms with Gasteiger partial charge in [-0.1, -0.05) is 54.6 Å². The second kappa shape index (κ2) is 7.02. The SMILES string of the molecule is CN1C(=O)C(c2ccc(C(C)(F)F)nc2)(c2cccc(-c3ccccc3)c2)N=C1N. The van der Waals surface area contributed by atoms with Crippen LogP contribution in [0.3, 0.4) is 0 Å². The van der Waals surface area contributed by atoms with Crippen molar-refractivity contribution in [1.29, 1.82) is 0 Å². The summed E-state index contributed by atoms with van der Waals surface area (Å²) in [6.45, 7) is 0.777. The van der Waals surface area contributed by atoms with Crippen molar-refractivity contribution in [1.82, 2.24) is 9.88 Å². The summed E-state index contributed by atoms with van der Waals surface area (Å²) in [5.41, 5.74) is 6.94. The molecule has 0 radical (unpaired) electrons. The number of likely N-dealkylation sites (N-methyl/N-ethyl adjacent to an activating group) is 1. The molecule has 2 heterocycles. The Morgan fingerprint density at radius 1 is 0.967 bits per heavy atom. The average Bonchev–Trinajstić information content (AvgIpc) is 2.99. The van der Waals surface area contributed by atoms with Gasteiger partial charge in [-0.05, 0) is 28.8 Å². The minimum Gasteiger partial charge on any atom is -0.369 e. The van der Waals surface area contributed by atoms with Gasteiger partial charge in [0, 0.05) is 25.7 Å². The molecule has 0 saturated carbocycles. The molecule has 30 heavy (non-hydrogen) atoms. The Morgan fingerprint density at radius 2 is 1.67 bits per heavy atom. The van der Waals surface area contributed by atoms with Crippen LogP contribution in [0.1, 0.15) is 23.7 Å². The molecular formula is C23H20F2N4O. The third kappa shape index (κ3) is 3.12. The second-order valence-corrected chi connectivity index (χ2v) is 7.31. The fourth-order valence-corrected chi connectivity index (χ4v) is 3.61. The molecule has 0 spiro atoms. The fraction of sp³-hybridized carbons (Fsp3) is 0.174. The van der Waals surface area contributed by atoms with Crippen molar-refractivity contribution in [2.24, 2.45) is 10.7 Å². The maximum atomic E-state index is 13.6. The molecule has 0 bridgehead atoms. The first-order valence-electron chi connectivity index (χ1n) is 9.38. The highest BCUT2D eigenvalue weighted by Gasteiger charge is 2.50. The number of aromatic nitrogens is 1. The van der Waals surface area contributed by atoms with E-state index in [-0.39, 0.29) is 17.6 Å². The highest BCUT2D eigenvalue weighted by molar-refractivity contribution is 6.09. The monoisotopic (exact) mass is 406 g/mol. The Labute approximate surface area is 172 Å². The summed E-state index contributed by atoms with van der Waals surface area (Å²) < 4.78 is 27.3. The number of amides is 1. The van der Waals surface area contributed by atoms with Crippen molar-refractivity contribution in [3.05, 3.63) is 89.7 Å². The minimum atomic E-state index is -3.09. The standard InChI is InChI=1S/C23H20F2N4O/c1-22(24,25)19-12-11-18(14-27-19)23(20(30)29(2)21(26)28-23)17-10-6-9-16(13-17)15-7-4-3-5-8-15/h3-14H,1-2H3,(H2,26,28). The van der Waals surface area contributed by atoms with Gasteiger partial charge in [0.1, 0.15) is 5.69 Å². The number of nitrogens with two attached hydrogens (primary N) is 1. The first-order chi connectivity index (χ1) is 14.2. The molecule has 1 aliphatic heterocycles. The van der Waals surface area contributed by atoms with Gasteiger partial charge in [-0.2, -0.15) is 8.78 Å². The quantitative estimate of drug-likeness (QED) is 0.715. The molecule has 1 unspecified atom stereocenters. The molecule has 5 nitrogen and oxygen atoms in total. The van der Waals surface area contributed by atoms with Gasteiger partial charge in [0.05, 0.1) is 0 Å². The number of alkyl halides is 2. The van der Waals surface area contributed by atoms with Crippen LogP contribution < -0.4 is 5.73 Å². The van der Waals surface area contributed by atoms with E-state index in [4.69, 9.17) is 5.73 Å². The van der Waals surface area contributed by atoms with E-state index in [1.165, 1.54) is 30.3 Å². The number of benzene rings is 2. The van der Waals surface area contributed by atoms with Crippen molar-refractivity contribution in [3.8, 4) is 11.1 Å².